The molecule has 1 unspecified atom stereocenters. The number of nitrogens with one attached hydrogen (secondary N) is 2. The normalized spacial score (nSPS) is 20.7. The summed E-state index contributed by atoms with van der Waals surface area (Å²) < 4.78 is 11.0. The third kappa shape index (κ3) is 4.92. The fourth-order valence-electron chi connectivity index (χ4n) is 2.68. The van der Waals surface area contributed by atoms with E-state index in [1.54, 1.807) is 7.11 Å². The number of amides is 1. The van der Waals surface area contributed by atoms with Crippen LogP contribution in [0.15, 0.2) is 24.3 Å². The first-order valence-electron chi connectivity index (χ1n) is 7.94. The maximum absolute atomic E-state index is 12.7. The lowest BCUT2D eigenvalue weighted by molar-refractivity contribution is -0.127. The van der Waals surface area contributed by atoms with Crippen LogP contribution < -0.4 is 15.4 Å². The minimum absolute atomic E-state index is 0.00482. The van der Waals surface area contributed by atoms with Crippen molar-refractivity contribution in [1.29, 1.82) is 0 Å². The van der Waals surface area contributed by atoms with E-state index in [-0.39, 0.29) is 5.91 Å². The van der Waals surface area contributed by atoms with Crippen molar-refractivity contribution in [3.05, 3.63) is 24.3 Å². The highest BCUT2D eigenvalue weighted by atomic mass is 16.5. The second kappa shape index (κ2) is 8.29. The molecule has 1 amide bonds. The molecule has 2 rings (SSSR count). The second-order valence-corrected chi connectivity index (χ2v) is 6.27. The van der Waals surface area contributed by atoms with Gasteiger partial charge in [0.25, 0.3) is 0 Å². The van der Waals surface area contributed by atoms with E-state index < -0.39 is 5.41 Å². The van der Waals surface area contributed by atoms with Gasteiger partial charge in [0.2, 0.25) is 5.91 Å². The van der Waals surface area contributed by atoms with Crippen molar-refractivity contribution in [2.75, 3.05) is 59.4 Å². The number of carbonyl (C=O) groups excluding carboxylic acids is 1. The summed E-state index contributed by atoms with van der Waals surface area (Å²) >= 11 is 0. The molecule has 0 aliphatic carbocycles. The Morgan fingerprint density at radius 3 is 2.91 bits per heavy atom. The van der Waals surface area contributed by atoms with Gasteiger partial charge in [-0.3, -0.25) is 4.79 Å². The van der Waals surface area contributed by atoms with Crippen molar-refractivity contribution in [1.82, 2.24) is 10.2 Å². The van der Waals surface area contributed by atoms with Crippen LogP contribution in [0, 0.1) is 5.41 Å². The lowest BCUT2D eigenvalue weighted by atomic mass is 9.87. The first kappa shape index (κ1) is 17.7. The Morgan fingerprint density at radius 2 is 2.26 bits per heavy atom. The molecule has 1 heterocycles. The summed E-state index contributed by atoms with van der Waals surface area (Å²) in [5, 5.41) is 6.24. The van der Waals surface area contributed by atoms with Gasteiger partial charge in [-0.25, -0.2) is 0 Å². The summed E-state index contributed by atoms with van der Waals surface area (Å²) in [5.74, 6) is 0.754. The maximum atomic E-state index is 12.7. The molecule has 0 saturated carbocycles. The van der Waals surface area contributed by atoms with Crippen LogP contribution in [-0.4, -0.2) is 64.9 Å². The molecule has 2 N–H and O–H groups in total. The molecule has 1 aliphatic rings. The van der Waals surface area contributed by atoms with Crippen LogP contribution in [0.5, 0.6) is 5.75 Å². The van der Waals surface area contributed by atoms with Gasteiger partial charge in [-0.05, 0) is 39.2 Å². The second-order valence-electron chi connectivity index (χ2n) is 6.27. The number of hydrogen-bond acceptors (Lipinski definition) is 5. The Bertz CT molecular complexity index is 514. The first-order chi connectivity index (χ1) is 11.1. The van der Waals surface area contributed by atoms with Crippen LogP contribution in [0.2, 0.25) is 0 Å². The van der Waals surface area contributed by atoms with E-state index in [1.807, 2.05) is 38.4 Å². The lowest BCUT2D eigenvalue weighted by Gasteiger charge is -2.26. The van der Waals surface area contributed by atoms with Gasteiger partial charge in [0.15, 0.2) is 0 Å². The minimum atomic E-state index is -0.490. The summed E-state index contributed by atoms with van der Waals surface area (Å²) in [7, 11) is 5.64. The number of benzene rings is 1. The van der Waals surface area contributed by atoms with E-state index in [0.717, 1.165) is 30.9 Å². The fraction of sp³-hybridized carbons (Fsp3) is 0.588. The van der Waals surface area contributed by atoms with Crippen molar-refractivity contribution < 1.29 is 14.3 Å². The van der Waals surface area contributed by atoms with Crippen molar-refractivity contribution in [2.24, 2.45) is 5.41 Å². The predicted molar refractivity (Wildman–Crippen MR) is 90.9 cm³/mol. The molecule has 1 aromatic carbocycles. The topological polar surface area (TPSA) is 62.8 Å². The highest BCUT2D eigenvalue weighted by molar-refractivity contribution is 5.96. The zero-order valence-corrected chi connectivity index (χ0v) is 14.2. The molecule has 0 bridgehead atoms. The number of methoxy groups -OCH3 is 1. The molecule has 1 saturated heterocycles. The molecule has 1 aliphatic heterocycles. The smallest absolute Gasteiger partial charge is 0.234 e. The van der Waals surface area contributed by atoms with Gasteiger partial charge in [0.05, 0.1) is 12.0 Å². The van der Waals surface area contributed by atoms with E-state index in [4.69, 9.17) is 9.47 Å². The number of rotatable bonds is 8. The molecule has 0 spiro atoms. The highest BCUT2D eigenvalue weighted by Crippen LogP contribution is 2.28. The number of hydrogen-bond donors (Lipinski definition) is 2. The van der Waals surface area contributed by atoms with E-state index in [0.29, 0.717) is 19.8 Å². The molecule has 1 atom stereocenters. The van der Waals surface area contributed by atoms with Crippen LogP contribution in [0.25, 0.3) is 0 Å². The van der Waals surface area contributed by atoms with Gasteiger partial charge in [-0.1, -0.05) is 6.07 Å². The van der Waals surface area contributed by atoms with Crippen LogP contribution in [0.3, 0.4) is 0 Å². The van der Waals surface area contributed by atoms with Crippen LogP contribution in [0.4, 0.5) is 5.69 Å². The molecule has 128 valence electrons. The molecule has 0 radical (unpaired) electrons. The Hall–Kier alpha value is -1.63. The lowest BCUT2D eigenvalue weighted by Crippen LogP contribution is -2.41. The van der Waals surface area contributed by atoms with Crippen molar-refractivity contribution >= 4 is 11.6 Å². The van der Waals surface area contributed by atoms with Crippen molar-refractivity contribution in [3.8, 4) is 5.75 Å². The largest absolute Gasteiger partial charge is 0.492 e. The van der Waals surface area contributed by atoms with E-state index in [9.17, 15) is 4.79 Å². The van der Waals surface area contributed by atoms with Crippen LogP contribution in [0.1, 0.15) is 6.42 Å². The average Bonchev–Trinajstić information content (AvgIpc) is 2.97. The summed E-state index contributed by atoms with van der Waals surface area (Å²) in [6.45, 7) is 3.36. The minimum Gasteiger partial charge on any atom is -0.492 e. The molecule has 1 fully saturated rings. The predicted octanol–water partition coefficient (Wildman–Crippen LogP) is 1.19. The highest BCUT2D eigenvalue weighted by Gasteiger charge is 2.41. The zero-order chi connectivity index (χ0) is 16.7. The number of ether oxygens (including phenoxy) is 2. The van der Waals surface area contributed by atoms with Gasteiger partial charge in [0, 0.05) is 32.0 Å². The molecular formula is C17H27N3O3. The van der Waals surface area contributed by atoms with Crippen LogP contribution >= 0.6 is 0 Å². The summed E-state index contributed by atoms with van der Waals surface area (Å²) in [6.07, 6.45) is 0.783. The third-order valence-corrected chi connectivity index (χ3v) is 4.05. The molecule has 23 heavy (non-hydrogen) atoms. The molecule has 0 aromatic heterocycles. The summed E-state index contributed by atoms with van der Waals surface area (Å²) in [5.41, 5.74) is 0.260. The quantitative estimate of drug-likeness (QED) is 0.753. The van der Waals surface area contributed by atoms with Gasteiger partial charge < -0.3 is 25.0 Å². The van der Waals surface area contributed by atoms with Gasteiger partial charge in [-0.2, -0.15) is 0 Å². The number of carbonyl (C=O) groups is 1. The molecule has 6 nitrogen and oxygen atoms in total. The molecule has 1 aromatic rings. The Balaban J connectivity index is 1.97. The standard InChI is InChI=1S/C17H27N3O3/c1-20(2)9-10-23-15-6-4-5-14(11-15)19-16(21)17(13-22-3)7-8-18-12-17/h4-6,11,18H,7-10,12-13H2,1-3H3,(H,19,21). The third-order valence-electron chi connectivity index (χ3n) is 4.05. The number of nitrogens with zero attached hydrogens (tertiary/aromatic N) is 1. The molecule has 6 heteroatoms. The first-order valence-corrected chi connectivity index (χ1v) is 7.94. The average molecular weight is 321 g/mol. The summed E-state index contributed by atoms with van der Waals surface area (Å²) in [4.78, 5) is 14.7. The summed E-state index contributed by atoms with van der Waals surface area (Å²) in [6, 6.07) is 7.51. The zero-order valence-electron chi connectivity index (χ0n) is 14.2. The van der Waals surface area contributed by atoms with E-state index in [1.165, 1.54) is 0 Å². The van der Waals surface area contributed by atoms with Gasteiger partial charge >= 0.3 is 0 Å². The Kier molecular flexibility index (Phi) is 6.38. The van der Waals surface area contributed by atoms with Crippen molar-refractivity contribution in [2.45, 2.75) is 6.42 Å². The van der Waals surface area contributed by atoms with Gasteiger partial charge in [0.1, 0.15) is 12.4 Å². The SMILES string of the molecule is COCC1(C(=O)Nc2cccc(OCCN(C)C)c2)CCNC1. The maximum Gasteiger partial charge on any atom is 0.234 e. The fourth-order valence-corrected chi connectivity index (χ4v) is 2.68. The molecular weight excluding hydrogens is 294 g/mol. The number of anilines is 1. The monoisotopic (exact) mass is 321 g/mol. The number of likely N-dealkylation sites (N-methyl/N-ethyl adjacent to an activating group) is 1. The Morgan fingerprint density at radius 1 is 1.43 bits per heavy atom. The van der Waals surface area contributed by atoms with Crippen LogP contribution in [-0.2, 0) is 9.53 Å². The van der Waals surface area contributed by atoms with Crippen molar-refractivity contribution in [3.63, 3.8) is 0 Å². The Labute approximate surface area is 138 Å². The van der Waals surface area contributed by atoms with E-state index in [2.05, 4.69) is 15.5 Å². The van der Waals surface area contributed by atoms with Gasteiger partial charge in [-0.15, -0.1) is 0 Å². The van der Waals surface area contributed by atoms with E-state index >= 15 is 0 Å².